The molecule has 3 rings (SSSR count). The van der Waals surface area contributed by atoms with Crippen molar-refractivity contribution >= 4 is 23.3 Å². The van der Waals surface area contributed by atoms with E-state index >= 15 is 0 Å². The van der Waals surface area contributed by atoms with Crippen LogP contribution in [-0.4, -0.2) is 62.0 Å². The van der Waals surface area contributed by atoms with E-state index in [1.165, 1.54) is 0 Å². The second-order valence-corrected chi connectivity index (χ2v) is 6.23. The van der Waals surface area contributed by atoms with Crippen LogP contribution in [0.15, 0.2) is 42.6 Å². The van der Waals surface area contributed by atoms with Crippen molar-refractivity contribution in [1.29, 1.82) is 0 Å². The summed E-state index contributed by atoms with van der Waals surface area (Å²) in [5.41, 5.74) is 1.48. The van der Waals surface area contributed by atoms with E-state index in [2.05, 4.69) is 20.5 Å². The average Bonchev–Trinajstić information content (AvgIpc) is 2.72. The number of rotatable bonds is 8. The molecule has 2 heterocycles. The number of nitrogens with zero attached hydrogens (tertiary/aromatic N) is 2. The van der Waals surface area contributed by atoms with Gasteiger partial charge in [-0.3, -0.25) is 10.2 Å². The fraction of sp³-hybridized carbons (Fsp3) is 0.400. The van der Waals surface area contributed by atoms with Gasteiger partial charge in [0.15, 0.2) is 0 Å². The first-order valence-corrected chi connectivity index (χ1v) is 9.43. The number of nitrogens with one attached hydrogen (secondary N) is 2. The highest BCUT2D eigenvalue weighted by atomic mass is 16.5. The maximum Gasteiger partial charge on any atom is 0.411 e. The van der Waals surface area contributed by atoms with Gasteiger partial charge in [-0.25, -0.2) is 9.78 Å². The van der Waals surface area contributed by atoms with Gasteiger partial charge in [-0.1, -0.05) is 0 Å². The lowest BCUT2D eigenvalue weighted by Crippen LogP contribution is -2.38. The van der Waals surface area contributed by atoms with Crippen LogP contribution in [0.4, 0.5) is 22.0 Å². The summed E-state index contributed by atoms with van der Waals surface area (Å²) >= 11 is 0. The fourth-order valence-corrected chi connectivity index (χ4v) is 2.73. The molecular formula is C20H26N4O4. The third-order valence-corrected chi connectivity index (χ3v) is 4.19. The Labute approximate surface area is 164 Å². The van der Waals surface area contributed by atoms with Gasteiger partial charge in [-0.15, -0.1) is 0 Å². The molecule has 2 N–H and O–H groups in total. The molecule has 0 saturated carbocycles. The highest BCUT2D eigenvalue weighted by Crippen LogP contribution is 2.20. The molecule has 150 valence electrons. The van der Waals surface area contributed by atoms with Crippen LogP contribution in [0.1, 0.15) is 6.92 Å². The topological polar surface area (TPSA) is 85.0 Å². The molecule has 28 heavy (non-hydrogen) atoms. The minimum Gasteiger partial charge on any atom is -0.492 e. The summed E-state index contributed by atoms with van der Waals surface area (Å²) in [4.78, 5) is 18.0. The Morgan fingerprint density at radius 3 is 2.57 bits per heavy atom. The molecule has 0 aliphatic carbocycles. The number of amides is 1. The summed E-state index contributed by atoms with van der Waals surface area (Å²) in [7, 11) is 0. The predicted molar refractivity (Wildman–Crippen MR) is 107 cm³/mol. The van der Waals surface area contributed by atoms with E-state index in [1.807, 2.05) is 24.3 Å². The molecule has 0 spiro atoms. The SMILES string of the molecule is CCOC(=O)Nc1ccc(Nc2ccc(OCCN3CCOCC3)cc2)nc1. The van der Waals surface area contributed by atoms with Gasteiger partial charge >= 0.3 is 6.09 Å². The zero-order valence-corrected chi connectivity index (χ0v) is 16.0. The van der Waals surface area contributed by atoms with E-state index in [1.54, 1.807) is 25.3 Å². The van der Waals surface area contributed by atoms with Crippen molar-refractivity contribution in [3.05, 3.63) is 42.6 Å². The fourth-order valence-electron chi connectivity index (χ4n) is 2.73. The third-order valence-electron chi connectivity index (χ3n) is 4.19. The Morgan fingerprint density at radius 1 is 1.14 bits per heavy atom. The van der Waals surface area contributed by atoms with E-state index in [0.29, 0.717) is 24.7 Å². The number of ether oxygens (including phenoxy) is 3. The molecular weight excluding hydrogens is 360 g/mol. The van der Waals surface area contributed by atoms with Crippen LogP contribution in [-0.2, 0) is 9.47 Å². The van der Waals surface area contributed by atoms with Crippen molar-refractivity contribution in [3.8, 4) is 5.75 Å². The van der Waals surface area contributed by atoms with E-state index in [9.17, 15) is 4.79 Å². The Hall–Kier alpha value is -2.84. The minimum absolute atomic E-state index is 0.325. The first-order chi connectivity index (χ1) is 13.7. The van der Waals surface area contributed by atoms with E-state index in [0.717, 1.165) is 44.3 Å². The van der Waals surface area contributed by atoms with Gasteiger partial charge in [0.05, 0.1) is 31.7 Å². The van der Waals surface area contributed by atoms with E-state index in [4.69, 9.17) is 14.2 Å². The summed E-state index contributed by atoms with van der Waals surface area (Å²) in [6, 6.07) is 11.3. The van der Waals surface area contributed by atoms with Crippen LogP contribution < -0.4 is 15.4 Å². The molecule has 1 saturated heterocycles. The lowest BCUT2D eigenvalue weighted by atomic mass is 10.3. The lowest BCUT2D eigenvalue weighted by Gasteiger charge is -2.26. The normalized spacial score (nSPS) is 14.3. The maximum atomic E-state index is 11.4. The number of hydrogen-bond donors (Lipinski definition) is 2. The summed E-state index contributed by atoms with van der Waals surface area (Å²) in [6.45, 7) is 7.17. The summed E-state index contributed by atoms with van der Waals surface area (Å²) in [5, 5.41) is 5.82. The Kier molecular flexibility index (Phi) is 7.45. The zero-order chi connectivity index (χ0) is 19.6. The van der Waals surface area contributed by atoms with Crippen LogP contribution in [0.25, 0.3) is 0 Å². The van der Waals surface area contributed by atoms with Crippen LogP contribution in [0.2, 0.25) is 0 Å². The van der Waals surface area contributed by atoms with Gasteiger partial charge in [0.1, 0.15) is 18.2 Å². The molecule has 0 atom stereocenters. The highest BCUT2D eigenvalue weighted by molar-refractivity contribution is 5.84. The van der Waals surface area contributed by atoms with Crippen molar-refractivity contribution in [1.82, 2.24) is 9.88 Å². The molecule has 1 aromatic heterocycles. The van der Waals surface area contributed by atoms with Gasteiger partial charge in [-0.05, 0) is 43.3 Å². The number of carbonyl (C=O) groups excluding carboxylic acids is 1. The first kappa shape index (κ1) is 19.9. The Balaban J connectivity index is 1.43. The second-order valence-electron chi connectivity index (χ2n) is 6.23. The average molecular weight is 386 g/mol. The predicted octanol–water partition coefficient (Wildman–Crippen LogP) is 3.10. The number of benzene rings is 1. The van der Waals surface area contributed by atoms with Crippen LogP contribution in [0.5, 0.6) is 5.75 Å². The standard InChI is InChI=1S/C20H26N4O4/c1-2-27-20(25)23-17-5-8-19(21-15-17)22-16-3-6-18(7-4-16)28-14-11-24-9-12-26-13-10-24/h3-8,15H,2,9-14H2,1H3,(H,21,22)(H,23,25). The molecule has 1 aromatic carbocycles. The van der Waals surface area contributed by atoms with Gasteiger partial charge in [0.2, 0.25) is 0 Å². The molecule has 1 fully saturated rings. The number of morpholine rings is 1. The molecule has 0 bridgehead atoms. The smallest absolute Gasteiger partial charge is 0.411 e. The quantitative estimate of drug-likeness (QED) is 0.721. The summed E-state index contributed by atoms with van der Waals surface area (Å²) < 4.78 is 16.0. The van der Waals surface area contributed by atoms with E-state index < -0.39 is 6.09 Å². The number of pyridine rings is 1. The van der Waals surface area contributed by atoms with Gasteiger partial charge in [0, 0.05) is 25.3 Å². The van der Waals surface area contributed by atoms with Crippen molar-refractivity contribution in [2.45, 2.75) is 6.92 Å². The number of aromatic nitrogens is 1. The highest BCUT2D eigenvalue weighted by Gasteiger charge is 2.09. The Bertz CT molecular complexity index is 731. The molecule has 2 aromatic rings. The number of hydrogen-bond acceptors (Lipinski definition) is 7. The van der Waals surface area contributed by atoms with Gasteiger partial charge in [-0.2, -0.15) is 0 Å². The van der Waals surface area contributed by atoms with Crippen LogP contribution in [0, 0.1) is 0 Å². The van der Waals surface area contributed by atoms with Gasteiger partial charge in [0.25, 0.3) is 0 Å². The van der Waals surface area contributed by atoms with Crippen molar-refractivity contribution < 1.29 is 19.0 Å². The zero-order valence-electron chi connectivity index (χ0n) is 16.0. The molecule has 8 nitrogen and oxygen atoms in total. The van der Waals surface area contributed by atoms with Crippen molar-refractivity contribution in [2.75, 3.05) is 56.7 Å². The summed E-state index contributed by atoms with van der Waals surface area (Å²) in [5.74, 6) is 1.51. The molecule has 1 aliphatic heterocycles. The third kappa shape index (κ3) is 6.40. The first-order valence-electron chi connectivity index (χ1n) is 9.43. The molecule has 8 heteroatoms. The van der Waals surface area contributed by atoms with Gasteiger partial charge < -0.3 is 19.5 Å². The molecule has 1 amide bonds. The van der Waals surface area contributed by atoms with Crippen molar-refractivity contribution in [3.63, 3.8) is 0 Å². The monoisotopic (exact) mass is 386 g/mol. The summed E-state index contributed by atoms with van der Waals surface area (Å²) in [6.07, 6.45) is 1.08. The number of carbonyl (C=O) groups is 1. The molecule has 1 aliphatic rings. The van der Waals surface area contributed by atoms with Crippen LogP contribution in [0.3, 0.4) is 0 Å². The molecule has 0 unspecified atom stereocenters. The largest absolute Gasteiger partial charge is 0.492 e. The Morgan fingerprint density at radius 2 is 1.89 bits per heavy atom. The maximum absolute atomic E-state index is 11.4. The van der Waals surface area contributed by atoms with E-state index in [-0.39, 0.29) is 0 Å². The van der Waals surface area contributed by atoms with Crippen LogP contribution >= 0.6 is 0 Å². The lowest BCUT2D eigenvalue weighted by molar-refractivity contribution is 0.0322. The minimum atomic E-state index is -0.491. The second kappa shape index (κ2) is 10.5. The molecule has 0 radical (unpaired) electrons. The van der Waals surface area contributed by atoms with Crippen molar-refractivity contribution in [2.24, 2.45) is 0 Å². The number of anilines is 3.